The molecule has 0 spiro atoms. The van der Waals surface area contributed by atoms with Gasteiger partial charge < -0.3 is 15.4 Å². The van der Waals surface area contributed by atoms with E-state index in [1.165, 1.54) is 11.8 Å². The van der Waals surface area contributed by atoms with Crippen LogP contribution in [0.15, 0.2) is 71.8 Å². The second kappa shape index (κ2) is 9.85. The van der Waals surface area contributed by atoms with Gasteiger partial charge in [0.2, 0.25) is 11.8 Å². The van der Waals surface area contributed by atoms with Crippen molar-refractivity contribution >= 4 is 40.9 Å². The minimum absolute atomic E-state index is 0.0917. The van der Waals surface area contributed by atoms with Gasteiger partial charge in [0.1, 0.15) is 12.4 Å². The third kappa shape index (κ3) is 5.77. The molecule has 8 heteroatoms. The minimum atomic E-state index is -0.485. The summed E-state index contributed by atoms with van der Waals surface area (Å²) in [5.74, 6) is 0.319. The monoisotopic (exact) mass is 453 g/mol. The van der Waals surface area contributed by atoms with Crippen LogP contribution in [-0.2, 0) is 22.7 Å². The van der Waals surface area contributed by atoms with E-state index in [-0.39, 0.29) is 18.2 Å². The zero-order chi connectivity index (χ0) is 21.6. The van der Waals surface area contributed by atoms with Crippen molar-refractivity contribution in [2.45, 2.75) is 29.7 Å². The number of pyridine rings is 1. The number of halogens is 1. The summed E-state index contributed by atoms with van der Waals surface area (Å²) >= 11 is 7.34. The van der Waals surface area contributed by atoms with E-state index in [1.54, 1.807) is 18.3 Å². The van der Waals surface area contributed by atoms with Crippen LogP contribution in [0.4, 0.5) is 5.69 Å². The molecule has 1 aromatic heterocycles. The Hall–Kier alpha value is -3.03. The van der Waals surface area contributed by atoms with Crippen molar-refractivity contribution in [3.05, 3.63) is 83.1 Å². The van der Waals surface area contributed by atoms with Gasteiger partial charge in [-0.1, -0.05) is 29.8 Å². The molecule has 2 aromatic carbocycles. The van der Waals surface area contributed by atoms with Crippen molar-refractivity contribution < 1.29 is 14.3 Å². The molecule has 3 aromatic rings. The Morgan fingerprint density at radius 2 is 2.06 bits per heavy atom. The summed E-state index contributed by atoms with van der Waals surface area (Å²) in [6, 6.07) is 18.5. The number of amides is 2. The number of rotatable bonds is 7. The number of thioether (sulfide) groups is 1. The first-order valence-electron chi connectivity index (χ1n) is 9.72. The number of carbonyl (C=O) groups is 2. The molecule has 0 fully saturated rings. The molecule has 1 aliphatic heterocycles. The topological polar surface area (TPSA) is 80.3 Å². The number of fused-ring (bicyclic) bond motifs is 1. The lowest BCUT2D eigenvalue weighted by molar-refractivity contribution is -0.124. The standard InChI is InChI=1S/C23H20ClN3O3S/c24-16-7-8-20-19(11-16)27-23(29)21(31-20)12-22(28)26-13-15-4-3-6-18(10-15)30-14-17-5-1-2-9-25-17/h1-11,21H,12-14H2,(H,26,28)(H,27,29). The summed E-state index contributed by atoms with van der Waals surface area (Å²) in [5, 5.41) is 5.77. The number of nitrogens with zero attached hydrogens (tertiary/aromatic N) is 1. The van der Waals surface area contributed by atoms with E-state index in [4.69, 9.17) is 16.3 Å². The van der Waals surface area contributed by atoms with Gasteiger partial charge in [-0.25, -0.2) is 0 Å². The van der Waals surface area contributed by atoms with E-state index in [2.05, 4.69) is 15.6 Å². The summed E-state index contributed by atoms with van der Waals surface area (Å²) < 4.78 is 5.78. The first kappa shape index (κ1) is 21.2. The lowest BCUT2D eigenvalue weighted by Crippen LogP contribution is -2.34. The zero-order valence-corrected chi connectivity index (χ0v) is 18.1. The van der Waals surface area contributed by atoms with E-state index in [0.717, 1.165) is 16.2 Å². The number of aromatic nitrogens is 1. The van der Waals surface area contributed by atoms with Crippen LogP contribution in [0.25, 0.3) is 0 Å². The van der Waals surface area contributed by atoms with Crippen LogP contribution in [-0.4, -0.2) is 22.0 Å². The second-order valence-corrected chi connectivity index (χ2v) is 8.66. The van der Waals surface area contributed by atoms with Gasteiger partial charge in [0.25, 0.3) is 0 Å². The van der Waals surface area contributed by atoms with Gasteiger partial charge in [0, 0.05) is 29.1 Å². The summed E-state index contributed by atoms with van der Waals surface area (Å²) in [7, 11) is 0. The predicted molar refractivity (Wildman–Crippen MR) is 121 cm³/mol. The molecule has 0 saturated heterocycles. The highest BCUT2D eigenvalue weighted by Crippen LogP contribution is 2.38. The molecule has 2 amide bonds. The lowest BCUT2D eigenvalue weighted by Gasteiger charge is -2.23. The average molecular weight is 454 g/mol. The predicted octanol–water partition coefficient (Wildman–Crippen LogP) is 4.43. The summed E-state index contributed by atoms with van der Waals surface area (Å²) in [4.78, 5) is 29.9. The maximum Gasteiger partial charge on any atom is 0.238 e. The molecule has 4 rings (SSSR count). The van der Waals surface area contributed by atoms with Crippen LogP contribution in [0.2, 0.25) is 5.02 Å². The van der Waals surface area contributed by atoms with E-state index >= 15 is 0 Å². The molecule has 2 heterocycles. The molecule has 0 aliphatic carbocycles. The number of hydrogen-bond donors (Lipinski definition) is 2. The average Bonchev–Trinajstić information content (AvgIpc) is 2.78. The number of nitrogens with one attached hydrogen (secondary N) is 2. The van der Waals surface area contributed by atoms with Crippen molar-refractivity contribution in [1.29, 1.82) is 0 Å². The van der Waals surface area contributed by atoms with Gasteiger partial charge in [-0.15, -0.1) is 11.8 Å². The van der Waals surface area contributed by atoms with Gasteiger partial charge in [0.05, 0.1) is 16.6 Å². The Morgan fingerprint density at radius 1 is 1.16 bits per heavy atom. The second-order valence-electron chi connectivity index (χ2n) is 6.97. The van der Waals surface area contributed by atoms with E-state index in [9.17, 15) is 9.59 Å². The number of hydrogen-bond acceptors (Lipinski definition) is 5. The zero-order valence-electron chi connectivity index (χ0n) is 16.5. The highest BCUT2D eigenvalue weighted by molar-refractivity contribution is 8.01. The van der Waals surface area contributed by atoms with E-state index < -0.39 is 5.25 Å². The Balaban J connectivity index is 1.29. The SMILES string of the molecule is O=C(CC1Sc2ccc(Cl)cc2NC1=O)NCc1cccc(OCc2ccccn2)c1. The summed E-state index contributed by atoms with van der Waals surface area (Å²) in [6.45, 7) is 0.724. The van der Waals surface area contributed by atoms with Crippen molar-refractivity contribution in [2.24, 2.45) is 0 Å². The van der Waals surface area contributed by atoms with Crippen molar-refractivity contribution in [3.8, 4) is 5.75 Å². The van der Waals surface area contributed by atoms with Crippen LogP contribution in [0.5, 0.6) is 5.75 Å². The number of ether oxygens (including phenoxy) is 1. The Morgan fingerprint density at radius 3 is 2.90 bits per heavy atom. The van der Waals surface area contributed by atoms with Gasteiger partial charge >= 0.3 is 0 Å². The highest BCUT2D eigenvalue weighted by atomic mass is 35.5. The Bertz CT molecular complexity index is 1090. The van der Waals surface area contributed by atoms with Crippen LogP contribution >= 0.6 is 23.4 Å². The molecule has 1 unspecified atom stereocenters. The smallest absolute Gasteiger partial charge is 0.238 e. The molecule has 31 heavy (non-hydrogen) atoms. The van der Waals surface area contributed by atoms with Gasteiger partial charge in [-0.05, 0) is 48.0 Å². The van der Waals surface area contributed by atoms with Crippen molar-refractivity contribution in [2.75, 3.05) is 5.32 Å². The maximum atomic E-state index is 12.4. The number of carbonyl (C=O) groups excluding carboxylic acids is 2. The fourth-order valence-electron chi connectivity index (χ4n) is 3.08. The van der Waals surface area contributed by atoms with Crippen LogP contribution in [0.1, 0.15) is 17.7 Å². The first-order valence-corrected chi connectivity index (χ1v) is 11.0. The van der Waals surface area contributed by atoms with Gasteiger partial charge in [-0.3, -0.25) is 14.6 Å². The normalized spacial score (nSPS) is 15.0. The molecular formula is C23H20ClN3O3S. The van der Waals surface area contributed by atoms with Crippen molar-refractivity contribution in [1.82, 2.24) is 10.3 Å². The summed E-state index contributed by atoms with van der Waals surface area (Å²) in [5.41, 5.74) is 2.43. The maximum absolute atomic E-state index is 12.4. The highest BCUT2D eigenvalue weighted by Gasteiger charge is 2.29. The molecular weight excluding hydrogens is 434 g/mol. The van der Waals surface area contributed by atoms with E-state index in [0.29, 0.717) is 29.6 Å². The molecule has 6 nitrogen and oxygen atoms in total. The largest absolute Gasteiger partial charge is 0.487 e. The van der Waals surface area contributed by atoms with E-state index in [1.807, 2.05) is 48.5 Å². The van der Waals surface area contributed by atoms with Crippen molar-refractivity contribution in [3.63, 3.8) is 0 Å². The molecule has 0 saturated carbocycles. The molecule has 1 atom stereocenters. The number of anilines is 1. The molecule has 158 valence electrons. The lowest BCUT2D eigenvalue weighted by atomic mass is 10.2. The van der Waals surface area contributed by atoms with Gasteiger partial charge in [0.15, 0.2) is 0 Å². The Kier molecular flexibility index (Phi) is 6.74. The fraction of sp³-hybridized carbons (Fsp3) is 0.174. The summed E-state index contributed by atoms with van der Waals surface area (Å²) in [6.07, 6.45) is 1.82. The first-order chi connectivity index (χ1) is 15.1. The number of benzene rings is 2. The molecule has 2 N–H and O–H groups in total. The minimum Gasteiger partial charge on any atom is -0.487 e. The van der Waals surface area contributed by atoms with Gasteiger partial charge in [-0.2, -0.15) is 0 Å². The third-order valence-electron chi connectivity index (χ3n) is 4.63. The van der Waals surface area contributed by atoms with Crippen LogP contribution < -0.4 is 15.4 Å². The fourth-order valence-corrected chi connectivity index (χ4v) is 4.35. The molecule has 0 bridgehead atoms. The Labute approximate surface area is 189 Å². The third-order valence-corrected chi connectivity index (χ3v) is 6.14. The quantitative estimate of drug-likeness (QED) is 0.553. The molecule has 0 radical (unpaired) electrons. The van der Waals surface area contributed by atoms with Crippen LogP contribution in [0, 0.1) is 0 Å². The van der Waals surface area contributed by atoms with Crippen LogP contribution in [0.3, 0.4) is 0 Å². The molecule has 1 aliphatic rings.